The minimum Gasteiger partial charge on any atom is -0.463 e. The molecular weight excluding hydrogens is 210 g/mol. The lowest BCUT2D eigenvalue weighted by molar-refractivity contribution is 0.0115. The fraction of sp³-hybridized carbons (Fsp3) is 0.700. The monoisotopic (exact) mass is 227 g/mol. The van der Waals surface area contributed by atoms with E-state index in [0.717, 1.165) is 0 Å². The average molecular weight is 227 g/mol. The third-order valence-electron chi connectivity index (χ3n) is 2.68. The van der Waals surface area contributed by atoms with Crippen LogP contribution in [-0.2, 0) is 11.3 Å². The summed E-state index contributed by atoms with van der Waals surface area (Å²) in [6.45, 7) is 4.13. The van der Waals surface area contributed by atoms with Crippen molar-refractivity contribution in [3.8, 4) is 0 Å². The molecule has 0 spiro atoms. The van der Waals surface area contributed by atoms with Crippen LogP contribution in [0.2, 0.25) is 0 Å². The molecule has 0 aliphatic heterocycles. The Bertz CT molecular complexity index is 358. The molecule has 1 heterocycles. The second-order valence-electron chi connectivity index (χ2n) is 3.69. The zero-order valence-corrected chi connectivity index (χ0v) is 9.80. The van der Waals surface area contributed by atoms with E-state index in [2.05, 4.69) is 14.8 Å². The molecule has 90 valence electrons. The van der Waals surface area contributed by atoms with Gasteiger partial charge in [0.2, 0.25) is 0 Å². The third-order valence-corrected chi connectivity index (χ3v) is 2.68. The van der Waals surface area contributed by atoms with Gasteiger partial charge in [0.1, 0.15) is 6.33 Å². The number of aliphatic hydroxyl groups is 1. The summed E-state index contributed by atoms with van der Waals surface area (Å²) in [5.41, 5.74) is -0.804. The zero-order valence-electron chi connectivity index (χ0n) is 9.80. The molecule has 1 rings (SSSR count). The summed E-state index contributed by atoms with van der Waals surface area (Å²) in [7, 11) is 1.28. The van der Waals surface area contributed by atoms with Gasteiger partial charge >= 0.3 is 5.97 Å². The van der Waals surface area contributed by atoms with Crippen molar-refractivity contribution in [3.63, 3.8) is 0 Å². The summed E-state index contributed by atoms with van der Waals surface area (Å²) < 4.78 is 5.95. The number of hydrogen-bond donors (Lipinski definition) is 1. The van der Waals surface area contributed by atoms with Crippen LogP contribution in [0.5, 0.6) is 0 Å². The number of esters is 1. The molecule has 0 unspecified atom stereocenters. The fourth-order valence-corrected chi connectivity index (χ4v) is 1.33. The summed E-state index contributed by atoms with van der Waals surface area (Å²) in [6, 6.07) is 0. The van der Waals surface area contributed by atoms with E-state index in [4.69, 9.17) is 0 Å². The number of carbonyl (C=O) groups excluding carboxylic acids is 1. The van der Waals surface area contributed by atoms with E-state index in [1.54, 1.807) is 0 Å². The highest BCUT2D eigenvalue weighted by atomic mass is 16.5. The van der Waals surface area contributed by atoms with Gasteiger partial charge in [-0.1, -0.05) is 13.8 Å². The Kier molecular flexibility index (Phi) is 4.00. The Morgan fingerprint density at radius 1 is 1.56 bits per heavy atom. The molecule has 1 aromatic rings. The van der Waals surface area contributed by atoms with Crippen molar-refractivity contribution in [1.82, 2.24) is 14.8 Å². The molecule has 0 bridgehead atoms. The molecule has 6 nitrogen and oxygen atoms in total. The maximum Gasteiger partial charge on any atom is 0.377 e. The fourth-order valence-electron chi connectivity index (χ4n) is 1.33. The molecule has 0 saturated carbocycles. The molecule has 0 aliphatic rings. The van der Waals surface area contributed by atoms with Gasteiger partial charge in [-0.2, -0.15) is 0 Å². The molecule has 16 heavy (non-hydrogen) atoms. The first-order valence-electron chi connectivity index (χ1n) is 5.24. The van der Waals surface area contributed by atoms with Crippen molar-refractivity contribution in [2.45, 2.75) is 38.8 Å². The number of ether oxygens (including phenoxy) is 1. The first kappa shape index (κ1) is 12.6. The SMILES string of the molecule is CCC(O)(CC)Cn1cnc(C(=O)OC)n1. The van der Waals surface area contributed by atoms with Crippen LogP contribution in [0.4, 0.5) is 0 Å². The zero-order chi connectivity index (χ0) is 12.2. The molecular formula is C10H17N3O3. The quantitative estimate of drug-likeness (QED) is 0.746. The third kappa shape index (κ3) is 2.79. The van der Waals surface area contributed by atoms with E-state index in [9.17, 15) is 9.90 Å². The number of rotatable bonds is 5. The lowest BCUT2D eigenvalue weighted by Gasteiger charge is -2.24. The van der Waals surface area contributed by atoms with Gasteiger partial charge in [0.05, 0.1) is 19.3 Å². The molecule has 0 radical (unpaired) electrons. The second-order valence-corrected chi connectivity index (χ2v) is 3.69. The molecule has 0 fully saturated rings. The molecule has 0 saturated heterocycles. The van der Waals surface area contributed by atoms with Crippen molar-refractivity contribution in [2.75, 3.05) is 7.11 Å². The first-order chi connectivity index (χ1) is 7.54. The molecule has 0 aliphatic carbocycles. The van der Waals surface area contributed by atoms with Gasteiger partial charge < -0.3 is 9.84 Å². The van der Waals surface area contributed by atoms with Crippen LogP contribution in [-0.4, -0.2) is 38.6 Å². The molecule has 0 atom stereocenters. The topological polar surface area (TPSA) is 77.2 Å². The van der Waals surface area contributed by atoms with Crippen LogP contribution >= 0.6 is 0 Å². The van der Waals surface area contributed by atoms with Gasteiger partial charge in [-0.15, -0.1) is 5.10 Å². The average Bonchev–Trinajstić information content (AvgIpc) is 2.76. The van der Waals surface area contributed by atoms with Crippen LogP contribution in [0.1, 0.15) is 37.3 Å². The molecule has 0 aromatic carbocycles. The highest BCUT2D eigenvalue weighted by Crippen LogP contribution is 2.16. The van der Waals surface area contributed by atoms with Crippen molar-refractivity contribution in [3.05, 3.63) is 12.2 Å². The summed E-state index contributed by atoms with van der Waals surface area (Å²) in [5.74, 6) is -0.563. The Morgan fingerprint density at radius 3 is 2.69 bits per heavy atom. The maximum atomic E-state index is 11.1. The predicted molar refractivity (Wildman–Crippen MR) is 56.9 cm³/mol. The van der Waals surface area contributed by atoms with E-state index < -0.39 is 11.6 Å². The minimum atomic E-state index is -0.804. The van der Waals surface area contributed by atoms with Gasteiger partial charge in [0.25, 0.3) is 5.82 Å². The number of carbonyl (C=O) groups is 1. The highest BCUT2D eigenvalue weighted by Gasteiger charge is 2.24. The van der Waals surface area contributed by atoms with Crippen molar-refractivity contribution in [1.29, 1.82) is 0 Å². The number of hydrogen-bond acceptors (Lipinski definition) is 5. The van der Waals surface area contributed by atoms with E-state index in [1.165, 1.54) is 18.1 Å². The lowest BCUT2D eigenvalue weighted by atomic mass is 9.98. The van der Waals surface area contributed by atoms with Gasteiger partial charge in [0, 0.05) is 0 Å². The summed E-state index contributed by atoms with van der Waals surface area (Å²) >= 11 is 0. The van der Waals surface area contributed by atoms with Crippen LogP contribution in [0.25, 0.3) is 0 Å². The van der Waals surface area contributed by atoms with E-state index in [0.29, 0.717) is 19.4 Å². The molecule has 1 aromatic heterocycles. The normalized spacial score (nSPS) is 11.5. The Morgan fingerprint density at radius 2 is 2.19 bits per heavy atom. The van der Waals surface area contributed by atoms with Crippen LogP contribution in [0.15, 0.2) is 6.33 Å². The maximum absolute atomic E-state index is 11.1. The van der Waals surface area contributed by atoms with Crippen molar-refractivity contribution >= 4 is 5.97 Å². The standard InChI is InChI=1S/C10H17N3O3/c1-4-10(15,5-2)6-13-7-11-8(12-13)9(14)16-3/h7,15H,4-6H2,1-3H3. The van der Waals surface area contributed by atoms with Crippen molar-refractivity contribution in [2.24, 2.45) is 0 Å². The van der Waals surface area contributed by atoms with Crippen LogP contribution in [0.3, 0.4) is 0 Å². The van der Waals surface area contributed by atoms with E-state index >= 15 is 0 Å². The van der Waals surface area contributed by atoms with Crippen LogP contribution in [0, 0.1) is 0 Å². The summed E-state index contributed by atoms with van der Waals surface area (Å²) in [5, 5.41) is 14.0. The van der Waals surface area contributed by atoms with Crippen molar-refractivity contribution < 1.29 is 14.6 Å². The van der Waals surface area contributed by atoms with Gasteiger partial charge in [0.15, 0.2) is 0 Å². The number of methoxy groups -OCH3 is 1. The molecule has 1 N–H and O–H groups in total. The molecule has 6 heteroatoms. The smallest absolute Gasteiger partial charge is 0.377 e. The predicted octanol–water partition coefficient (Wildman–Crippen LogP) is 0.616. The summed E-state index contributed by atoms with van der Waals surface area (Å²) in [6.07, 6.45) is 2.66. The second kappa shape index (κ2) is 5.07. The number of aromatic nitrogens is 3. The first-order valence-corrected chi connectivity index (χ1v) is 5.24. The van der Waals surface area contributed by atoms with E-state index in [-0.39, 0.29) is 5.82 Å². The number of nitrogens with zero attached hydrogens (tertiary/aromatic N) is 3. The highest BCUT2D eigenvalue weighted by molar-refractivity contribution is 5.84. The Labute approximate surface area is 94.2 Å². The van der Waals surface area contributed by atoms with Gasteiger partial charge in [-0.3, -0.25) is 0 Å². The van der Waals surface area contributed by atoms with Crippen LogP contribution < -0.4 is 0 Å². The van der Waals surface area contributed by atoms with E-state index in [1.807, 2.05) is 13.8 Å². The largest absolute Gasteiger partial charge is 0.463 e. The minimum absolute atomic E-state index is 0.0112. The Balaban J connectivity index is 2.75. The lowest BCUT2D eigenvalue weighted by Crippen LogP contribution is -2.32. The van der Waals surface area contributed by atoms with Gasteiger partial charge in [-0.05, 0) is 12.8 Å². The summed E-state index contributed by atoms with van der Waals surface area (Å²) in [4.78, 5) is 14.9. The Hall–Kier alpha value is -1.43. The van der Waals surface area contributed by atoms with Gasteiger partial charge in [-0.25, -0.2) is 14.5 Å². The molecule has 0 amide bonds.